The van der Waals surface area contributed by atoms with Crippen LogP contribution in [-0.2, 0) is 14.3 Å². The van der Waals surface area contributed by atoms with Crippen LogP contribution in [0.25, 0.3) is 10.3 Å². The van der Waals surface area contributed by atoms with Crippen LogP contribution >= 0.6 is 23.1 Å². The molecule has 1 N–H and O–H groups in total. The summed E-state index contributed by atoms with van der Waals surface area (Å²) in [6, 6.07) is 6.98. The van der Waals surface area contributed by atoms with Gasteiger partial charge in [0.1, 0.15) is 0 Å². The fourth-order valence-electron chi connectivity index (χ4n) is 9.02. The van der Waals surface area contributed by atoms with Crippen molar-refractivity contribution < 1.29 is 28.6 Å². The molecule has 3 fully saturated rings. The molecule has 7 rings (SSSR count). The number of nitrogens with zero attached hydrogens (tertiary/aromatic N) is 2. The van der Waals surface area contributed by atoms with Crippen molar-refractivity contribution in [2.45, 2.75) is 74.8 Å². The van der Waals surface area contributed by atoms with Crippen LogP contribution in [0.4, 0.5) is 0 Å². The smallest absolute Gasteiger partial charge is 0.375 e. The van der Waals surface area contributed by atoms with Gasteiger partial charge < -0.3 is 14.3 Å². The van der Waals surface area contributed by atoms with Crippen LogP contribution in [0.2, 0.25) is 0 Å². The summed E-state index contributed by atoms with van der Waals surface area (Å²) in [6.07, 6.45) is 8.63. The van der Waals surface area contributed by atoms with Gasteiger partial charge in [-0.1, -0.05) is 31.2 Å². The van der Waals surface area contributed by atoms with Gasteiger partial charge in [0.25, 0.3) is 0 Å². The van der Waals surface area contributed by atoms with E-state index in [1.54, 1.807) is 18.3 Å². The average Bonchev–Trinajstić information content (AvgIpc) is 3.70. The van der Waals surface area contributed by atoms with Crippen molar-refractivity contribution in [2.75, 3.05) is 5.75 Å². The zero-order chi connectivity index (χ0) is 29.3. The zero-order valence-electron chi connectivity index (χ0n) is 23.7. The maximum Gasteiger partial charge on any atom is 0.375 e. The highest BCUT2D eigenvalue weighted by Gasteiger charge is 2.70. The van der Waals surface area contributed by atoms with Crippen molar-refractivity contribution >= 4 is 51.0 Å². The van der Waals surface area contributed by atoms with Gasteiger partial charge >= 0.3 is 5.97 Å². The summed E-state index contributed by atoms with van der Waals surface area (Å²) in [5.41, 5.74) is -0.600. The summed E-state index contributed by atoms with van der Waals surface area (Å²) < 4.78 is 13.4. The second kappa shape index (κ2) is 10.1. The molecule has 220 valence electrons. The molecule has 42 heavy (non-hydrogen) atoms. The van der Waals surface area contributed by atoms with Gasteiger partial charge in [-0.25, -0.2) is 14.8 Å². The lowest BCUT2D eigenvalue weighted by Crippen LogP contribution is -2.63. The number of thioether (sulfide) groups is 1. The summed E-state index contributed by atoms with van der Waals surface area (Å²) in [5, 5.41) is 11.9. The molecule has 0 amide bonds. The van der Waals surface area contributed by atoms with E-state index < -0.39 is 23.1 Å². The first kappa shape index (κ1) is 28.0. The summed E-state index contributed by atoms with van der Waals surface area (Å²) in [5.74, 6) is -0.257. The van der Waals surface area contributed by atoms with Crippen molar-refractivity contribution in [1.82, 2.24) is 9.97 Å². The first-order valence-corrected chi connectivity index (χ1v) is 16.5. The minimum absolute atomic E-state index is 0.0000224. The van der Waals surface area contributed by atoms with Crippen molar-refractivity contribution in [3.05, 3.63) is 54.1 Å². The van der Waals surface area contributed by atoms with E-state index in [-0.39, 0.29) is 46.2 Å². The molecule has 7 atom stereocenters. The molecule has 10 heteroatoms. The highest BCUT2D eigenvalue weighted by atomic mass is 32.2. The van der Waals surface area contributed by atoms with Gasteiger partial charge in [0, 0.05) is 18.0 Å². The molecule has 3 aromatic rings. The molecule has 3 heterocycles. The van der Waals surface area contributed by atoms with Crippen LogP contribution in [0.15, 0.2) is 57.1 Å². The molecule has 4 aliphatic rings. The number of allylic oxidation sites excluding steroid dienone is 1. The highest BCUT2D eigenvalue weighted by molar-refractivity contribution is 8.01. The summed E-state index contributed by atoms with van der Waals surface area (Å²) >= 11 is 2.83. The van der Waals surface area contributed by atoms with Gasteiger partial charge in [0.05, 0.1) is 22.8 Å². The van der Waals surface area contributed by atoms with Crippen molar-refractivity contribution in [1.29, 1.82) is 0 Å². The van der Waals surface area contributed by atoms with Crippen LogP contribution in [0, 0.1) is 28.6 Å². The number of pyridine rings is 1. The number of furan rings is 1. The first-order chi connectivity index (χ1) is 20.1. The Morgan fingerprint density at radius 1 is 1.19 bits per heavy atom. The number of hydrogen-bond donors (Lipinski definition) is 1. The largest absolute Gasteiger partial charge is 0.457 e. The number of aromatic nitrogens is 2. The van der Waals surface area contributed by atoms with Gasteiger partial charge in [0.15, 0.2) is 27.2 Å². The number of aliphatic hydroxyl groups excluding tert-OH is 1. The van der Waals surface area contributed by atoms with Gasteiger partial charge in [0.2, 0.25) is 5.76 Å². The van der Waals surface area contributed by atoms with Gasteiger partial charge in [-0.3, -0.25) is 9.59 Å². The van der Waals surface area contributed by atoms with Gasteiger partial charge in [-0.15, -0.1) is 11.3 Å². The first-order valence-electron chi connectivity index (χ1n) is 14.7. The normalized spacial score (nSPS) is 35.7. The van der Waals surface area contributed by atoms with E-state index in [1.165, 1.54) is 29.4 Å². The Bertz CT molecular complexity index is 1570. The molecular formula is C32H34N2O6S2. The number of ketones is 2. The van der Waals surface area contributed by atoms with E-state index in [2.05, 4.69) is 16.9 Å². The second-order valence-corrected chi connectivity index (χ2v) is 15.1. The maximum absolute atomic E-state index is 14.4. The average molecular weight is 607 g/mol. The van der Waals surface area contributed by atoms with Crippen LogP contribution in [-0.4, -0.2) is 50.1 Å². The Hall–Kier alpha value is -2.82. The Morgan fingerprint density at radius 2 is 2.05 bits per heavy atom. The van der Waals surface area contributed by atoms with Crippen molar-refractivity contribution in [3.8, 4) is 0 Å². The van der Waals surface area contributed by atoms with Crippen LogP contribution in [0.5, 0.6) is 0 Å². The molecule has 0 spiro atoms. The van der Waals surface area contributed by atoms with E-state index in [9.17, 15) is 19.5 Å². The van der Waals surface area contributed by atoms with E-state index >= 15 is 0 Å². The number of aliphatic hydroxyl groups is 1. The van der Waals surface area contributed by atoms with Gasteiger partial charge in [-0.2, -0.15) is 0 Å². The number of Topliss-reactive ketones (excluding diaryl/α,β-unsaturated/α-hetero) is 1. The zero-order valence-corrected chi connectivity index (χ0v) is 25.3. The fraction of sp³-hybridized carbons (Fsp3) is 0.531. The number of esters is 1. The predicted molar refractivity (Wildman–Crippen MR) is 158 cm³/mol. The van der Waals surface area contributed by atoms with E-state index in [1.807, 2.05) is 25.1 Å². The summed E-state index contributed by atoms with van der Waals surface area (Å²) in [6.45, 7) is 4.25. The van der Waals surface area contributed by atoms with Gasteiger partial charge in [-0.05, 0) is 92.0 Å². The van der Waals surface area contributed by atoms with Crippen LogP contribution in [0.3, 0.4) is 0 Å². The molecular weight excluding hydrogens is 572 g/mol. The molecule has 0 radical (unpaired) electrons. The molecule has 0 aromatic carbocycles. The molecule has 0 aliphatic heterocycles. The Balaban J connectivity index is 1.22. The molecule has 0 bridgehead atoms. The molecule has 3 saturated carbocycles. The Kier molecular flexibility index (Phi) is 6.75. The van der Waals surface area contributed by atoms with Crippen molar-refractivity contribution in [3.63, 3.8) is 0 Å². The number of fused-ring (bicyclic) bond motifs is 6. The fourth-order valence-corrected chi connectivity index (χ4v) is 11.0. The van der Waals surface area contributed by atoms with Crippen LogP contribution < -0.4 is 0 Å². The van der Waals surface area contributed by atoms with E-state index in [0.29, 0.717) is 24.9 Å². The number of hydrogen-bond acceptors (Lipinski definition) is 10. The lowest BCUT2D eigenvalue weighted by molar-refractivity contribution is -0.180. The Labute approximate surface area is 252 Å². The lowest BCUT2D eigenvalue weighted by Gasteiger charge is -2.60. The minimum atomic E-state index is -1.41. The van der Waals surface area contributed by atoms with E-state index in [4.69, 9.17) is 9.15 Å². The monoisotopic (exact) mass is 606 g/mol. The standard InChI is InChI=1S/C32H34N2O6S2/c1-30-11-9-19(35)15-18(30)7-8-20-21-10-12-32(31(21,2)16-22(36)26(20)30,40-28(38)23-5-4-14-39-23)25(37)17-41-29-34-27-24(42-29)6-3-13-33-27/h3-6,13-15,20-22,26,36H,7-12,16-17H2,1-2H3/t20-,21-,22-,26+,30-,31-,32-/m0/s1. The molecule has 0 saturated heterocycles. The third kappa shape index (κ3) is 4.16. The molecule has 4 aliphatic carbocycles. The summed E-state index contributed by atoms with van der Waals surface area (Å²) in [4.78, 5) is 49.0. The maximum atomic E-state index is 14.4. The topological polar surface area (TPSA) is 120 Å². The molecule has 0 unspecified atom stereocenters. The SMILES string of the molecule is C[C@]12CCC(=O)C=C1CC[C@@H]1[C@@H]2[C@@H](O)C[C@@]2(C)[C@H]1CC[C@]2(OC(=O)c1ccco1)C(=O)CSc1nc2ncccc2s1. The third-order valence-corrected chi connectivity index (χ3v) is 13.1. The summed E-state index contributed by atoms with van der Waals surface area (Å²) in [7, 11) is 0. The predicted octanol–water partition coefficient (Wildman–Crippen LogP) is 6.04. The number of carbonyl (C=O) groups is 3. The number of ether oxygens (including phenoxy) is 1. The number of carbonyl (C=O) groups excluding carboxylic acids is 3. The molecule has 8 nitrogen and oxygen atoms in total. The number of thiazole rings is 1. The molecule has 3 aromatic heterocycles. The third-order valence-electron chi connectivity index (χ3n) is 10.9. The quantitative estimate of drug-likeness (QED) is 0.264. The highest BCUT2D eigenvalue weighted by Crippen LogP contribution is 2.68. The van der Waals surface area contributed by atoms with E-state index in [0.717, 1.165) is 40.3 Å². The van der Waals surface area contributed by atoms with Crippen molar-refractivity contribution in [2.24, 2.45) is 28.6 Å². The second-order valence-electron chi connectivity index (χ2n) is 12.8. The Morgan fingerprint density at radius 3 is 2.83 bits per heavy atom. The lowest BCUT2D eigenvalue weighted by atomic mass is 9.45. The number of rotatable bonds is 6. The minimum Gasteiger partial charge on any atom is -0.457 e. The van der Waals surface area contributed by atoms with Crippen LogP contribution in [0.1, 0.15) is 69.3 Å².